The number of hydrogen-bond acceptors (Lipinski definition) is 4. The van der Waals surface area contributed by atoms with E-state index in [4.69, 9.17) is 4.74 Å². The molecule has 0 saturated heterocycles. The molecule has 0 aromatic heterocycles. The predicted octanol–water partition coefficient (Wildman–Crippen LogP) is 6.11. The molecule has 0 spiro atoms. The van der Waals surface area contributed by atoms with Crippen molar-refractivity contribution < 1.29 is 19.7 Å². The zero-order chi connectivity index (χ0) is 20.6. The quantitative estimate of drug-likeness (QED) is 0.211. The van der Waals surface area contributed by atoms with E-state index in [9.17, 15) is 15.0 Å². The van der Waals surface area contributed by atoms with Gasteiger partial charge in [-0.3, -0.25) is 0 Å². The Balaban J connectivity index is 1.62. The van der Waals surface area contributed by atoms with Crippen molar-refractivity contribution in [2.75, 3.05) is 0 Å². The molecule has 3 aromatic rings. The molecule has 0 fully saturated rings. The summed E-state index contributed by atoms with van der Waals surface area (Å²) in [5.41, 5.74) is 3.40. The number of rotatable bonds is 8. The zero-order valence-corrected chi connectivity index (χ0v) is 16.6. The molecule has 0 aliphatic rings. The van der Waals surface area contributed by atoms with Gasteiger partial charge in [-0.25, -0.2) is 4.79 Å². The Morgan fingerprint density at radius 2 is 1.48 bits per heavy atom. The molecular formula is C25H26O4. The van der Waals surface area contributed by atoms with Gasteiger partial charge >= 0.3 is 5.97 Å². The summed E-state index contributed by atoms with van der Waals surface area (Å²) >= 11 is 0. The first kappa shape index (κ1) is 20.5. The van der Waals surface area contributed by atoms with Gasteiger partial charge in [0.15, 0.2) is 11.5 Å². The molecule has 2 N–H and O–H groups in total. The van der Waals surface area contributed by atoms with Crippen molar-refractivity contribution in [1.29, 1.82) is 0 Å². The number of aryl methyl sites for hydroxylation is 1. The lowest BCUT2D eigenvalue weighted by atomic mass is 10.0. The van der Waals surface area contributed by atoms with E-state index < -0.39 is 11.7 Å². The first-order valence-corrected chi connectivity index (χ1v) is 10.0. The number of carbonyl (C=O) groups is 1. The van der Waals surface area contributed by atoms with Crippen LogP contribution in [0.1, 0.15) is 48.5 Å². The van der Waals surface area contributed by atoms with E-state index in [-0.39, 0.29) is 11.3 Å². The Hall–Kier alpha value is -3.27. The van der Waals surface area contributed by atoms with E-state index in [2.05, 4.69) is 31.2 Å². The Kier molecular flexibility index (Phi) is 6.90. The Labute approximate surface area is 171 Å². The van der Waals surface area contributed by atoms with Crippen LogP contribution in [0.3, 0.4) is 0 Å². The molecule has 0 bridgehead atoms. The number of phenolic OH excluding ortho intramolecular Hbond substituents is 2. The third kappa shape index (κ3) is 5.38. The highest BCUT2D eigenvalue weighted by Gasteiger charge is 2.16. The highest BCUT2D eigenvalue weighted by Crippen LogP contribution is 2.29. The molecule has 0 unspecified atom stereocenters. The molecular weight excluding hydrogens is 364 g/mol. The summed E-state index contributed by atoms with van der Waals surface area (Å²) in [7, 11) is 0. The lowest BCUT2D eigenvalue weighted by molar-refractivity contribution is 0.0731. The minimum atomic E-state index is -0.724. The molecule has 3 rings (SSSR count). The summed E-state index contributed by atoms with van der Waals surface area (Å²) < 4.78 is 5.30. The van der Waals surface area contributed by atoms with Crippen LogP contribution in [0.5, 0.6) is 17.2 Å². The van der Waals surface area contributed by atoms with Crippen molar-refractivity contribution in [3.8, 4) is 28.4 Å². The number of aromatic hydroxyl groups is 2. The van der Waals surface area contributed by atoms with E-state index in [1.165, 1.54) is 49.4 Å². The zero-order valence-electron chi connectivity index (χ0n) is 16.6. The lowest BCUT2D eigenvalue weighted by Gasteiger charge is -2.08. The van der Waals surface area contributed by atoms with Crippen LogP contribution in [0.15, 0.2) is 66.7 Å². The van der Waals surface area contributed by atoms with E-state index in [1.54, 1.807) is 12.1 Å². The molecule has 3 aromatic carbocycles. The maximum absolute atomic E-state index is 12.2. The van der Waals surface area contributed by atoms with Gasteiger partial charge in [0.1, 0.15) is 11.3 Å². The monoisotopic (exact) mass is 390 g/mol. The summed E-state index contributed by atoms with van der Waals surface area (Å²) in [4.78, 5) is 12.2. The van der Waals surface area contributed by atoms with Crippen LogP contribution in [-0.2, 0) is 6.42 Å². The number of hydrogen-bond donors (Lipinski definition) is 2. The van der Waals surface area contributed by atoms with Crippen molar-refractivity contribution in [3.05, 3.63) is 77.9 Å². The fraction of sp³-hybridized carbons (Fsp3) is 0.240. The average Bonchev–Trinajstić information content (AvgIpc) is 2.74. The first-order chi connectivity index (χ1) is 14.1. The van der Waals surface area contributed by atoms with Gasteiger partial charge in [-0.05, 0) is 53.8 Å². The minimum Gasteiger partial charge on any atom is -0.504 e. The molecule has 0 radical (unpaired) electrons. The fourth-order valence-electron chi connectivity index (χ4n) is 3.19. The van der Waals surface area contributed by atoms with E-state index in [0.29, 0.717) is 5.75 Å². The smallest absolute Gasteiger partial charge is 0.347 e. The molecule has 0 amide bonds. The summed E-state index contributed by atoms with van der Waals surface area (Å²) in [6.45, 7) is 2.22. The number of unbranched alkanes of at least 4 members (excludes halogenated alkanes) is 3. The molecule has 0 aliphatic heterocycles. The van der Waals surface area contributed by atoms with Crippen LogP contribution in [0.2, 0.25) is 0 Å². The molecule has 150 valence electrons. The summed E-state index contributed by atoms with van der Waals surface area (Å²) in [5, 5.41) is 19.3. The molecule has 0 saturated carbocycles. The maximum Gasteiger partial charge on any atom is 0.347 e. The average molecular weight is 390 g/mol. The van der Waals surface area contributed by atoms with E-state index in [1.807, 2.05) is 12.1 Å². The second-order valence-corrected chi connectivity index (χ2v) is 7.09. The number of carbonyl (C=O) groups excluding carboxylic acids is 1. The summed E-state index contributed by atoms with van der Waals surface area (Å²) in [6.07, 6.45) is 6.15. The van der Waals surface area contributed by atoms with Gasteiger partial charge in [-0.2, -0.15) is 0 Å². The highest BCUT2D eigenvalue weighted by molar-refractivity contribution is 5.94. The highest BCUT2D eigenvalue weighted by atomic mass is 16.5. The third-order valence-electron chi connectivity index (χ3n) is 4.91. The van der Waals surface area contributed by atoms with Crippen LogP contribution < -0.4 is 4.74 Å². The van der Waals surface area contributed by atoms with Crippen LogP contribution in [0, 0.1) is 0 Å². The Bertz CT molecular complexity index is 944. The fourth-order valence-corrected chi connectivity index (χ4v) is 3.19. The van der Waals surface area contributed by atoms with Crippen LogP contribution >= 0.6 is 0 Å². The van der Waals surface area contributed by atoms with Crippen molar-refractivity contribution in [1.82, 2.24) is 0 Å². The van der Waals surface area contributed by atoms with Gasteiger partial charge in [-0.1, -0.05) is 68.7 Å². The first-order valence-electron chi connectivity index (χ1n) is 10.0. The summed E-state index contributed by atoms with van der Waals surface area (Å²) in [5.74, 6) is -1.19. The van der Waals surface area contributed by atoms with Gasteiger partial charge in [0.25, 0.3) is 0 Å². The molecule has 4 heteroatoms. The van der Waals surface area contributed by atoms with Crippen LogP contribution in [-0.4, -0.2) is 16.2 Å². The largest absolute Gasteiger partial charge is 0.504 e. The van der Waals surface area contributed by atoms with Gasteiger partial charge < -0.3 is 14.9 Å². The minimum absolute atomic E-state index is 0.0800. The maximum atomic E-state index is 12.2. The lowest BCUT2D eigenvalue weighted by Crippen LogP contribution is -2.08. The number of benzene rings is 3. The van der Waals surface area contributed by atoms with Gasteiger partial charge in [0, 0.05) is 0 Å². The molecule has 0 heterocycles. The molecule has 29 heavy (non-hydrogen) atoms. The normalized spacial score (nSPS) is 10.7. The van der Waals surface area contributed by atoms with Gasteiger partial charge in [0.05, 0.1) is 0 Å². The summed E-state index contributed by atoms with van der Waals surface area (Å²) in [6, 6.07) is 19.9. The number of esters is 1. The van der Waals surface area contributed by atoms with Crippen LogP contribution in [0.25, 0.3) is 11.1 Å². The van der Waals surface area contributed by atoms with Gasteiger partial charge in [0.2, 0.25) is 0 Å². The second kappa shape index (κ2) is 9.78. The number of phenols is 2. The number of ether oxygens (including phenoxy) is 1. The predicted molar refractivity (Wildman–Crippen MR) is 114 cm³/mol. The van der Waals surface area contributed by atoms with E-state index >= 15 is 0 Å². The number of para-hydroxylation sites is 1. The topological polar surface area (TPSA) is 66.8 Å². The molecule has 0 atom stereocenters. The van der Waals surface area contributed by atoms with Crippen LogP contribution in [0.4, 0.5) is 0 Å². The Morgan fingerprint density at radius 3 is 2.14 bits per heavy atom. The van der Waals surface area contributed by atoms with Crippen molar-refractivity contribution in [3.63, 3.8) is 0 Å². The SMILES string of the molecule is CCCCCCc1ccc(-c2ccc(OC(=O)c3cccc(O)c3O)cc2)cc1. The van der Waals surface area contributed by atoms with Crippen molar-refractivity contribution >= 4 is 5.97 Å². The Morgan fingerprint density at radius 1 is 0.828 bits per heavy atom. The molecule has 4 nitrogen and oxygen atoms in total. The van der Waals surface area contributed by atoms with Crippen molar-refractivity contribution in [2.45, 2.75) is 39.0 Å². The second-order valence-electron chi connectivity index (χ2n) is 7.09. The van der Waals surface area contributed by atoms with Crippen molar-refractivity contribution in [2.24, 2.45) is 0 Å². The van der Waals surface area contributed by atoms with E-state index in [0.717, 1.165) is 17.5 Å². The molecule has 0 aliphatic carbocycles. The van der Waals surface area contributed by atoms with Gasteiger partial charge in [-0.15, -0.1) is 0 Å². The standard InChI is InChI=1S/C25H26O4/c1-2-3-4-5-7-18-10-12-19(13-11-18)20-14-16-21(17-15-20)29-25(28)22-8-6-9-23(26)24(22)27/h6,8-17,26-27H,2-5,7H2,1H3. The third-order valence-corrected chi connectivity index (χ3v) is 4.91.